The Morgan fingerprint density at radius 1 is 1.19 bits per heavy atom. The quantitative estimate of drug-likeness (QED) is 0.779. The van der Waals surface area contributed by atoms with Crippen molar-refractivity contribution >= 4 is 11.9 Å². The summed E-state index contributed by atoms with van der Waals surface area (Å²) in [7, 11) is 0. The fraction of sp³-hybridized carbons (Fsp3) is 0.833. The summed E-state index contributed by atoms with van der Waals surface area (Å²) in [5, 5.41) is 9.03. The van der Waals surface area contributed by atoms with Gasteiger partial charge in [-0.05, 0) is 43.9 Å². The second-order valence-electron chi connectivity index (χ2n) is 5.37. The first kappa shape index (κ1) is 10.1. The number of carbonyl (C=O) groups is 2. The minimum atomic E-state index is -0.838. The zero-order chi connectivity index (χ0) is 11.3. The molecule has 2 aliphatic carbocycles. The second-order valence-corrected chi connectivity index (χ2v) is 5.37. The van der Waals surface area contributed by atoms with Crippen molar-refractivity contribution in [3.05, 3.63) is 0 Å². The topological polar surface area (TPSA) is 57.6 Å². The molecular formula is C12H17NO3. The van der Waals surface area contributed by atoms with E-state index in [4.69, 9.17) is 5.11 Å². The lowest BCUT2D eigenvalue weighted by Crippen LogP contribution is -2.41. The van der Waals surface area contributed by atoms with Gasteiger partial charge in [0, 0.05) is 12.5 Å². The Kier molecular flexibility index (Phi) is 2.19. The average Bonchev–Trinajstić information content (AvgIpc) is 3.11. The lowest BCUT2D eigenvalue weighted by atomic mass is 10.2. The molecule has 88 valence electrons. The van der Waals surface area contributed by atoms with Crippen molar-refractivity contribution in [1.29, 1.82) is 0 Å². The van der Waals surface area contributed by atoms with E-state index in [-0.39, 0.29) is 11.8 Å². The van der Waals surface area contributed by atoms with Gasteiger partial charge in [0.05, 0.1) is 0 Å². The van der Waals surface area contributed by atoms with E-state index in [1.807, 2.05) is 0 Å². The molecule has 0 aromatic heterocycles. The summed E-state index contributed by atoms with van der Waals surface area (Å²) in [5.41, 5.74) is 0. The molecule has 0 bridgehead atoms. The van der Waals surface area contributed by atoms with Crippen LogP contribution in [0.3, 0.4) is 0 Å². The van der Waals surface area contributed by atoms with Crippen LogP contribution in [-0.4, -0.2) is 34.5 Å². The Labute approximate surface area is 94.6 Å². The fourth-order valence-corrected chi connectivity index (χ4v) is 3.04. The van der Waals surface area contributed by atoms with Gasteiger partial charge < -0.3 is 10.0 Å². The molecule has 0 radical (unpaired) electrons. The molecule has 2 unspecified atom stereocenters. The van der Waals surface area contributed by atoms with Gasteiger partial charge in [0.2, 0.25) is 5.91 Å². The number of rotatable bonds is 3. The molecule has 1 N–H and O–H groups in total. The number of carbonyl (C=O) groups excluding carboxylic acids is 1. The van der Waals surface area contributed by atoms with Crippen LogP contribution in [0.2, 0.25) is 0 Å². The lowest BCUT2D eigenvalue weighted by Gasteiger charge is -2.21. The fourth-order valence-electron chi connectivity index (χ4n) is 3.04. The van der Waals surface area contributed by atoms with Crippen LogP contribution < -0.4 is 0 Å². The second kappa shape index (κ2) is 3.47. The number of nitrogens with zero attached hydrogens (tertiary/aromatic N) is 1. The number of carboxylic acids is 1. The largest absolute Gasteiger partial charge is 0.480 e. The van der Waals surface area contributed by atoms with Crippen LogP contribution in [0.15, 0.2) is 0 Å². The maximum atomic E-state index is 12.1. The van der Waals surface area contributed by atoms with Gasteiger partial charge >= 0.3 is 5.97 Å². The Morgan fingerprint density at radius 3 is 2.56 bits per heavy atom. The monoisotopic (exact) mass is 223 g/mol. The average molecular weight is 223 g/mol. The Balaban J connectivity index is 1.63. The molecule has 3 rings (SSSR count). The van der Waals surface area contributed by atoms with Crippen LogP contribution in [0.25, 0.3) is 0 Å². The van der Waals surface area contributed by atoms with Crippen LogP contribution in [-0.2, 0) is 9.59 Å². The minimum absolute atomic E-state index is 0.113. The summed E-state index contributed by atoms with van der Waals surface area (Å²) < 4.78 is 0. The molecule has 16 heavy (non-hydrogen) atoms. The van der Waals surface area contributed by atoms with Gasteiger partial charge in [-0.2, -0.15) is 0 Å². The normalized spacial score (nSPS) is 37.5. The van der Waals surface area contributed by atoms with E-state index in [1.165, 1.54) is 12.8 Å². The molecule has 1 amide bonds. The standard InChI is InChI=1S/C12H17NO3/c14-11(9-6-8(9)7-3-4-7)13-5-1-2-10(13)12(15)16/h7-10H,1-6H2,(H,15,16)/t8?,9?,10-/m0/s1. The minimum Gasteiger partial charge on any atom is -0.480 e. The van der Waals surface area contributed by atoms with E-state index < -0.39 is 12.0 Å². The SMILES string of the molecule is O=C(O)[C@@H]1CCCN1C(=O)C1CC1C1CC1. The third-order valence-corrected chi connectivity index (χ3v) is 4.21. The van der Waals surface area contributed by atoms with Crippen LogP contribution in [0.5, 0.6) is 0 Å². The van der Waals surface area contributed by atoms with Crippen molar-refractivity contribution in [2.24, 2.45) is 17.8 Å². The Morgan fingerprint density at radius 2 is 1.94 bits per heavy atom. The number of carboxylic acid groups (broad SMARTS) is 1. The maximum absolute atomic E-state index is 12.1. The van der Waals surface area contributed by atoms with Crippen molar-refractivity contribution in [1.82, 2.24) is 4.90 Å². The molecule has 4 nitrogen and oxygen atoms in total. The van der Waals surface area contributed by atoms with Crippen LogP contribution >= 0.6 is 0 Å². The summed E-state index contributed by atoms with van der Waals surface area (Å²) in [4.78, 5) is 24.7. The smallest absolute Gasteiger partial charge is 0.326 e. The third kappa shape index (κ3) is 1.60. The molecule has 2 saturated carbocycles. The van der Waals surface area contributed by atoms with E-state index in [9.17, 15) is 9.59 Å². The van der Waals surface area contributed by atoms with Gasteiger partial charge in [0.1, 0.15) is 6.04 Å². The summed E-state index contributed by atoms with van der Waals surface area (Å²) >= 11 is 0. The highest BCUT2D eigenvalue weighted by atomic mass is 16.4. The van der Waals surface area contributed by atoms with E-state index in [2.05, 4.69) is 0 Å². The molecule has 1 saturated heterocycles. The maximum Gasteiger partial charge on any atom is 0.326 e. The first-order valence-electron chi connectivity index (χ1n) is 6.22. The molecule has 3 aliphatic rings. The summed E-state index contributed by atoms with van der Waals surface area (Å²) in [6.07, 6.45) is 5.02. The first-order valence-corrected chi connectivity index (χ1v) is 6.22. The van der Waals surface area contributed by atoms with Crippen molar-refractivity contribution in [2.75, 3.05) is 6.54 Å². The van der Waals surface area contributed by atoms with E-state index in [1.54, 1.807) is 4.90 Å². The van der Waals surface area contributed by atoms with Gasteiger partial charge in [0.15, 0.2) is 0 Å². The highest BCUT2D eigenvalue weighted by Gasteiger charge is 2.53. The van der Waals surface area contributed by atoms with Crippen LogP contribution in [0, 0.1) is 17.8 Å². The lowest BCUT2D eigenvalue weighted by molar-refractivity contribution is -0.148. The third-order valence-electron chi connectivity index (χ3n) is 4.21. The Hall–Kier alpha value is -1.06. The van der Waals surface area contributed by atoms with Crippen molar-refractivity contribution in [2.45, 2.75) is 38.1 Å². The van der Waals surface area contributed by atoms with E-state index in [0.717, 1.165) is 18.8 Å². The summed E-state index contributed by atoms with van der Waals surface area (Å²) in [5.74, 6) is 0.797. The highest BCUT2D eigenvalue weighted by molar-refractivity contribution is 5.87. The summed E-state index contributed by atoms with van der Waals surface area (Å²) in [6, 6.07) is -0.548. The molecule has 1 aliphatic heterocycles. The highest BCUT2D eigenvalue weighted by Crippen LogP contribution is 2.55. The molecular weight excluding hydrogens is 206 g/mol. The van der Waals surface area contributed by atoms with Crippen LogP contribution in [0.4, 0.5) is 0 Å². The predicted octanol–water partition coefficient (Wildman–Crippen LogP) is 1.11. The van der Waals surface area contributed by atoms with Gasteiger partial charge in [-0.15, -0.1) is 0 Å². The molecule has 1 heterocycles. The Bertz CT molecular complexity index is 337. The molecule has 4 heteroatoms. The molecule has 3 atom stereocenters. The first-order chi connectivity index (χ1) is 7.68. The predicted molar refractivity (Wildman–Crippen MR) is 56.7 cm³/mol. The number of likely N-dealkylation sites (tertiary alicyclic amines) is 1. The zero-order valence-electron chi connectivity index (χ0n) is 9.26. The summed E-state index contributed by atoms with van der Waals surface area (Å²) in [6.45, 7) is 0.643. The number of amides is 1. The van der Waals surface area contributed by atoms with Crippen molar-refractivity contribution < 1.29 is 14.7 Å². The van der Waals surface area contributed by atoms with E-state index in [0.29, 0.717) is 18.9 Å². The number of aliphatic carboxylic acids is 1. The van der Waals surface area contributed by atoms with Crippen LogP contribution in [0.1, 0.15) is 32.1 Å². The van der Waals surface area contributed by atoms with Gasteiger partial charge in [0.25, 0.3) is 0 Å². The van der Waals surface area contributed by atoms with E-state index >= 15 is 0 Å². The number of hydrogen-bond acceptors (Lipinski definition) is 2. The van der Waals surface area contributed by atoms with Gasteiger partial charge in [-0.3, -0.25) is 4.79 Å². The number of hydrogen-bond donors (Lipinski definition) is 1. The molecule has 0 aromatic carbocycles. The van der Waals surface area contributed by atoms with Crippen molar-refractivity contribution in [3.8, 4) is 0 Å². The zero-order valence-corrected chi connectivity index (χ0v) is 9.26. The van der Waals surface area contributed by atoms with Crippen molar-refractivity contribution in [3.63, 3.8) is 0 Å². The molecule has 0 aromatic rings. The molecule has 0 spiro atoms. The van der Waals surface area contributed by atoms with Gasteiger partial charge in [-0.25, -0.2) is 4.79 Å². The molecule has 3 fully saturated rings. The van der Waals surface area contributed by atoms with Gasteiger partial charge in [-0.1, -0.05) is 0 Å².